The maximum absolute atomic E-state index is 5.38. The van der Waals surface area contributed by atoms with Gasteiger partial charge in [0, 0.05) is 19.9 Å². The van der Waals surface area contributed by atoms with Gasteiger partial charge in [0.15, 0.2) is 11.5 Å². The van der Waals surface area contributed by atoms with E-state index in [2.05, 4.69) is 31.2 Å². The number of imidazole rings is 1. The highest BCUT2D eigenvalue weighted by Gasteiger charge is 2.09. The first kappa shape index (κ1) is 11.3. The van der Waals surface area contributed by atoms with Gasteiger partial charge in [0.25, 0.3) is 0 Å². The molecule has 86 valence electrons. The van der Waals surface area contributed by atoms with Gasteiger partial charge in [-0.1, -0.05) is 0 Å². The number of nitrogens with one attached hydrogen (secondary N) is 1. The predicted molar refractivity (Wildman–Crippen MR) is 65.6 cm³/mol. The lowest BCUT2D eigenvalue weighted by atomic mass is 10.5. The van der Waals surface area contributed by atoms with Crippen LogP contribution >= 0.6 is 15.9 Å². The summed E-state index contributed by atoms with van der Waals surface area (Å²) in [4.78, 5) is 8.62. The highest BCUT2D eigenvalue weighted by molar-refractivity contribution is 9.10. The van der Waals surface area contributed by atoms with Gasteiger partial charge in [0.2, 0.25) is 0 Å². The first-order valence-electron chi connectivity index (χ1n) is 5.04. The van der Waals surface area contributed by atoms with E-state index < -0.39 is 0 Å². The molecule has 0 aliphatic heterocycles. The van der Waals surface area contributed by atoms with Crippen LogP contribution in [0, 0.1) is 0 Å². The monoisotopic (exact) mass is 284 g/mol. The topological polar surface area (TPSA) is 51.5 Å². The lowest BCUT2D eigenvalue weighted by Gasteiger charge is -2.05. The second-order valence-corrected chi connectivity index (χ2v) is 4.05. The molecule has 1 N–H and O–H groups in total. The van der Waals surface area contributed by atoms with E-state index in [0.717, 1.165) is 21.8 Å². The van der Waals surface area contributed by atoms with Crippen molar-refractivity contribution in [3.8, 4) is 0 Å². The minimum atomic E-state index is 0.553. The largest absolute Gasteiger partial charge is 0.375 e. The summed E-state index contributed by atoms with van der Waals surface area (Å²) in [7, 11) is 1.83. The zero-order chi connectivity index (χ0) is 11.5. The van der Waals surface area contributed by atoms with Crippen LogP contribution in [-0.2, 0) is 11.3 Å². The number of anilines is 1. The lowest BCUT2D eigenvalue weighted by Crippen LogP contribution is -2.01. The number of rotatable bonds is 4. The number of nitrogens with zero attached hydrogens (tertiary/aromatic N) is 3. The number of halogens is 1. The molecule has 0 spiro atoms. The van der Waals surface area contributed by atoms with Crippen molar-refractivity contribution in [2.45, 2.75) is 13.5 Å². The summed E-state index contributed by atoms with van der Waals surface area (Å²) >= 11 is 3.37. The van der Waals surface area contributed by atoms with E-state index in [1.54, 1.807) is 6.20 Å². The second kappa shape index (κ2) is 4.80. The molecule has 6 heteroatoms. The van der Waals surface area contributed by atoms with Crippen molar-refractivity contribution < 1.29 is 4.74 Å². The van der Waals surface area contributed by atoms with Crippen molar-refractivity contribution in [3.05, 3.63) is 22.7 Å². The molecule has 2 heterocycles. The zero-order valence-corrected chi connectivity index (χ0v) is 10.8. The van der Waals surface area contributed by atoms with Gasteiger partial charge in [0.05, 0.1) is 18.5 Å². The van der Waals surface area contributed by atoms with Crippen LogP contribution < -0.4 is 5.32 Å². The van der Waals surface area contributed by atoms with Crippen molar-refractivity contribution in [1.29, 1.82) is 0 Å². The summed E-state index contributed by atoms with van der Waals surface area (Å²) in [5.41, 5.74) is 1.82. The standard InChI is InChI=1S/C10H13BrN4O/c1-3-16-6-7-4-13-10-9(12-2)14-8(11)5-15(7)10/h4-5H,3,6H2,1-2H3,(H,12,14). The highest BCUT2D eigenvalue weighted by atomic mass is 79.9. The Balaban J connectivity index is 2.49. The fraction of sp³-hybridized carbons (Fsp3) is 0.400. The van der Waals surface area contributed by atoms with Crippen molar-refractivity contribution >= 4 is 27.4 Å². The molecule has 0 saturated carbocycles. The third kappa shape index (κ3) is 2.03. The minimum Gasteiger partial charge on any atom is -0.375 e. The molecule has 2 rings (SSSR count). The third-order valence-electron chi connectivity index (χ3n) is 2.23. The molecule has 0 aromatic carbocycles. The maximum Gasteiger partial charge on any atom is 0.180 e. The number of aromatic nitrogens is 3. The molecule has 0 fully saturated rings. The molecule has 16 heavy (non-hydrogen) atoms. The molecule has 0 unspecified atom stereocenters. The summed E-state index contributed by atoms with van der Waals surface area (Å²) in [6.07, 6.45) is 3.69. The number of ether oxygens (including phenoxy) is 1. The Kier molecular flexibility index (Phi) is 3.40. The number of hydrogen-bond donors (Lipinski definition) is 1. The van der Waals surface area contributed by atoms with Crippen LogP contribution in [0.5, 0.6) is 0 Å². The van der Waals surface area contributed by atoms with Gasteiger partial charge in [0.1, 0.15) is 4.60 Å². The minimum absolute atomic E-state index is 0.553. The van der Waals surface area contributed by atoms with E-state index in [4.69, 9.17) is 4.74 Å². The molecule has 0 aliphatic rings. The quantitative estimate of drug-likeness (QED) is 0.934. The van der Waals surface area contributed by atoms with Crippen LogP contribution in [0.25, 0.3) is 5.65 Å². The Labute approximate surface area is 102 Å². The molecule has 5 nitrogen and oxygen atoms in total. The molecule has 2 aromatic heterocycles. The fourth-order valence-corrected chi connectivity index (χ4v) is 1.87. The maximum atomic E-state index is 5.38. The van der Waals surface area contributed by atoms with Crippen LogP contribution in [-0.4, -0.2) is 28.0 Å². The number of hydrogen-bond acceptors (Lipinski definition) is 4. The van der Waals surface area contributed by atoms with Crippen molar-refractivity contribution in [1.82, 2.24) is 14.4 Å². The van der Waals surface area contributed by atoms with Gasteiger partial charge in [-0.2, -0.15) is 0 Å². The van der Waals surface area contributed by atoms with E-state index in [0.29, 0.717) is 13.2 Å². The third-order valence-corrected chi connectivity index (χ3v) is 2.61. The summed E-state index contributed by atoms with van der Waals surface area (Å²) < 4.78 is 8.12. The van der Waals surface area contributed by atoms with Crippen LogP contribution in [0.4, 0.5) is 5.82 Å². The molecule has 0 amide bonds. The smallest absolute Gasteiger partial charge is 0.180 e. The second-order valence-electron chi connectivity index (χ2n) is 3.24. The van der Waals surface area contributed by atoms with Crippen molar-refractivity contribution in [2.24, 2.45) is 0 Å². The van der Waals surface area contributed by atoms with Crippen molar-refractivity contribution in [2.75, 3.05) is 19.0 Å². The van der Waals surface area contributed by atoms with Crippen LogP contribution in [0.15, 0.2) is 17.0 Å². The van der Waals surface area contributed by atoms with Crippen LogP contribution in [0.1, 0.15) is 12.6 Å². The van der Waals surface area contributed by atoms with Crippen LogP contribution in [0.3, 0.4) is 0 Å². The summed E-state index contributed by atoms with van der Waals surface area (Å²) in [5, 5.41) is 3.01. The zero-order valence-electron chi connectivity index (χ0n) is 9.20. The molecular weight excluding hydrogens is 272 g/mol. The summed E-state index contributed by atoms with van der Waals surface area (Å²) in [6.45, 7) is 3.22. The van der Waals surface area contributed by atoms with E-state index in [1.165, 1.54) is 0 Å². The van der Waals surface area contributed by atoms with E-state index in [1.807, 2.05) is 24.6 Å². The Bertz CT molecular complexity index is 497. The first-order valence-corrected chi connectivity index (χ1v) is 5.83. The van der Waals surface area contributed by atoms with Crippen LogP contribution in [0.2, 0.25) is 0 Å². The van der Waals surface area contributed by atoms with Gasteiger partial charge in [-0.3, -0.25) is 4.40 Å². The van der Waals surface area contributed by atoms with E-state index in [-0.39, 0.29) is 0 Å². The highest BCUT2D eigenvalue weighted by Crippen LogP contribution is 2.18. The molecule has 0 bridgehead atoms. The number of fused-ring (bicyclic) bond motifs is 1. The average molecular weight is 285 g/mol. The van der Waals surface area contributed by atoms with Gasteiger partial charge in [-0.05, 0) is 22.9 Å². The summed E-state index contributed by atoms with van der Waals surface area (Å²) in [6, 6.07) is 0. The summed E-state index contributed by atoms with van der Waals surface area (Å²) in [5.74, 6) is 0.747. The molecule has 0 aliphatic carbocycles. The van der Waals surface area contributed by atoms with E-state index >= 15 is 0 Å². The lowest BCUT2D eigenvalue weighted by molar-refractivity contribution is 0.130. The van der Waals surface area contributed by atoms with Gasteiger partial charge in [-0.25, -0.2) is 9.97 Å². The Morgan fingerprint density at radius 3 is 3.06 bits per heavy atom. The first-order chi connectivity index (χ1) is 7.76. The molecule has 2 aromatic rings. The Morgan fingerprint density at radius 1 is 1.56 bits per heavy atom. The van der Waals surface area contributed by atoms with E-state index in [9.17, 15) is 0 Å². The molecule has 0 radical (unpaired) electrons. The Hall–Kier alpha value is -1.14. The Morgan fingerprint density at radius 2 is 2.38 bits per heavy atom. The van der Waals surface area contributed by atoms with Gasteiger partial charge >= 0.3 is 0 Å². The van der Waals surface area contributed by atoms with Crippen molar-refractivity contribution in [3.63, 3.8) is 0 Å². The average Bonchev–Trinajstić information content (AvgIpc) is 2.68. The molecular formula is C10H13BrN4O. The fourth-order valence-electron chi connectivity index (χ4n) is 1.49. The van der Waals surface area contributed by atoms with Gasteiger partial charge in [-0.15, -0.1) is 0 Å². The van der Waals surface area contributed by atoms with Gasteiger partial charge < -0.3 is 10.1 Å². The predicted octanol–water partition coefficient (Wildman–Crippen LogP) is 2.07. The SMILES string of the molecule is CCOCc1cnc2c(NC)nc(Br)cn12. The normalized spacial score (nSPS) is 10.9. The molecule has 0 atom stereocenters. The molecule has 0 saturated heterocycles.